The summed E-state index contributed by atoms with van der Waals surface area (Å²) < 4.78 is 2.18. The summed E-state index contributed by atoms with van der Waals surface area (Å²) in [6.45, 7) is 3.88. The smallest absolute Gasteiger partial charge is 0.320 e. The minimum absolute atomic E-state index is 0.0182. The van der Waals surface area contributed by atoms with Gasteiger partial charge < -0.3 is 5.11 Å². The summed E-state index contributed by atoms with van der Waals surface area (Å²) in [5.74, 6) is -0.817. The Kier molecular flexibility index (Phi) is 6.93. The van der Waals surface area contributed by atoms with E-state index in [9.17, 15) is 20.0 Å². The van der Waals surface area contributed by atoms with Gasteiger partial charge in [-0.1, -0.05) is 46.3 Å². The number of phenols is 1. The molecule has 0 bridgehead atoms. The average Bonchev–Trinajstić information content (AvgIpc) is 3.15. The molecule has 1 aromatic heterocycles. The van der Waals surface area contributed by atoms with Crippen molar-refractivity contribution in [1.29, 1.82) is 0 Å². The van der Waals surface area contributed by atoms with Crippen LogP contribution in [0.25, 0.3) is 0 Å². The summed E-state index contributed by atoms with van der Waals surface area (Å²) in [5.41, 5.74) is 3.32. The molecule has 0 saturated carbocycles. The minimum Gasteiger partial charge on any atom is -0.507 e. The van der Waals surface area contributed by atoms with Gasteiger partial charge >= 0.3 is 5.69 Å². The lowest BCUT2D eigenvalue weighted by atomic mass is 10.1. The second-order valence-corrected chi connectivity index (χ2v) is 7.41. The molecule has 0 unspecified atom stereocenters. The molecule has 31 heavy (non-hydrogen) atoms. The Morgan fingerprint density at radius 1 is 1.35 bits per heavy atom. The van der Waals surface area contributed by atoms with E-state index >= 15 is 0 Å². The van der Waals surface area contributed by atoms with Gasteiger partial charge in [-0.25, -0.2) is 5.43 Å². The van der Waals surface area contributed by atoms with Crippen molar-refractivity contribution in [3.05, 3.63) is 98.3 Å². The highest BCUT2D eigenvalue weighted by Gasteiger charge is 2.25. The SMILES string of the molecule is C=CCc1cccc(/C=N/NC(=O)c2nn(Cc3cccc(Br)c3)cc2[N+](=O)[O-])c1O. The van der Waals surface area contributed by atoms with E-state index in [2.05, 4.69) is 38.1 Å². The molecule has 0 aliphatic rings. The maximum Gasteiger partial charge on any atom is 0.320 e. The van der Waals surface area contributed by atoms with Gasteiger partial charge in [0.15, 0.2) is 0 Å². The summed E-state index contributed by atoms with van der Waals surface area (Å²) >= 11 is 3.37. The second kappa shape index (κ2) is 9.81. The summed E-state index contributed by atoms with van der Waals surface area (Å²) in [6.07, 6.45) is 4.58. The number of aromatic hydroxyl groups is 1. The van der Waals surface area contributed by atoms with E-state index in [1.165, 1.54) is 17.1 Å². The lowest BCUT2D eigenvalue weighted by Gasteiger charge is -2.04. The molecule has 3 aromatic rings. The second-order valence-electron chi connectivity index (χ2n) is 6.49. The summed E-state index contributed by atoms with van der Waals surface area (Å²) in [7, 11) is 0. The van der Waals surface area contributed by atoms with E-state index in [1.54, 1.807) is 24.3 Å². The van der Waals surface area contributed by atoms with E-state index in [-0.39, 0.29) is 18.0 Å². The quantitative estimate of drug-likeness (QED) is 0.218. The number of nitro groups is 1. The fourth-order valence-electron chi connectivity index (χ4n) is 2.86. The predicted molar refractivity (Wildman–Crippen MR) is 119 cm³/mol. The molecule has 10 heteroatoms. The van der Waals surface area contributed by atoms with E-state index < -0.39 is 16.5 Å². The zero-order valence-electron chi connectivity index (χ0n) is 16.2. The first-order chi connectivity index (χ1) is 14.9. The standard InChI is InChI=1S/C21H18BrN5O4/c1-2-5-15-7-4-8-16(20(15)28)11-23-24-21(29)19-18(27(30)31)13-26(25-19)12-14-6-3-9-17(22)10-14/h2-4,6-11,13,28H,1,5,12H2,(H,24,29)/b23-11+. The first-order valence-corrected chi connectivity index (χ1v) is 9.89. The van der Waals surface area contributed by atoms with Crippen LogP contribution in [0.5, 0.6) is 5.75 Å². The van der Waals surface area contributed by atoms with E-state index in [4.69, 9.17) is 0 Å². The van der Waals surface area contributed by atoms with Gasteiger partial charge in [-0.3, -0.25) is 19.6 Å². The summed E-state index contributed by atoms with van der Waals surface area (Å²) in [6, 6.07) is 12.5. The number of benzene rings is 2. The van der Waals surface area contributed by atoms with E-state index in [1.807, 2.05) is 24.3 Å². The Morgan fingerprint density at radius 3 is 2.84 bits per heavy atom. The van der Waals surface area contributed by atoms with Crippen LogP contribution in [0.3, 0.4) is 0 Å². The maximum absolute atomic E-state index is 12.4. The van der Waals surface area contributed by atoms with Gasteiger partial charge in [-0.05, 0) is 35.7 Å². The molecule has 0 spiro atoms. The number of nitrogens with one attached hydrogen (secondary N) is 1. The van der Waals surface area contributed by atoms with Crippen molar-refractivity contribution in [3.8, 4) is 5.75 Å². The van der Waals surface area contributed by atoms with E-state index in [0.717, 1.165) is 10.0 Å². The number of hydrogen-bond donors (Lipinski definition) is 2. The van der Waals surface area contributed by atoms with Crippen molar-refractivity contribution >= 4 is 33.7 Å². The first-order valence-electron chi connectivity index (χ1n) is 9.10. The summed E-state index contributed by atoms with van der Waals surface area (Å²) in [5, 5.41) is 29.4. The van der Waals surface area contributed by atoms with E-state index in [0.29, 0.717) is 17.5 Å². The first kappa shape index (κ1) is 21.9. The largest absolute Gasteiger partial charge is 0.507 e. The molecule has 0 radical (unpaired) electrons. The zero-order chi connectivity index (χ0) is 22.4. The fourth-order valence-corrected chi connectivity index (χ4v) is 3.31. The van der Waals surface area contributed by atoms with Crippen molar-refractivity contribution in [2.24, 2.45) is 5.10 Å². The molecule has 2 aromatic carbocycles. The normalized spacial score (nSPS) is 10.9. The molecule has 2 N–H and O–H groups in total. The molecule has 9 nitrogen and oxygen atoms in total. The van der Waals surface area contributed by atoms with Crippen molar-refractivity contribution in [2.45, 2.75) is 13.0 Å². The Labute approximate surface area is 186 Å². The van der Waals surface area contributed by atoms with Gasteiger partial charge in [0.2, 0.25) is 5.69 Å². The van der Waals surface area contributed by atoms with Crippen LogP contribution in [0.15, 0.2) is 70.9 Å². The number of hydrogen-bond acceptors (Lipinski definition) is 6. The molecule has 3 rings (SSSR count). The van der Waals surface area contributed by atoms with Crippen LogP contribution in [0, 0.1) is 10.1 Å². The average molecular weight is 484 g/mol. The third-order valence-corrected chi connectivity index (χ3v) is 4.77. The van der Waals surface area contributed by atoms with Crippen LogP contribution in [-0.4, -0.2) is 31.9 Å². The number of halogens is 1. The highest BCUT2D eigenvalue weighted by molar-refractivity contribution is 9.10. The zero-order valence-corrected chi connectivity index (χ0v) is 17.8. The van der Waals surface area contributed by atoms with Gasteiger partial charge in [0, 0.05) is 10.0 Å². The van der Waals surface area contributed by atoms with Gasteiger partial charge in [0.05, 0.1) is 17.7 Å². The Morgan fingerprint density at radius 2 is 2.13 bits per heavy atom. The van der Waals surface area contributed by atoms with Crippen LogP contribution < -0.4 is 5.43 Å². The number of aromatic nitrogens is 2. The third kappa shape index (κ3) is 5.43. The van der Waals surface area contributed by atoms with Gasteiger partial charge in [0.1, 0.15) is 11.9 Å². The van der Waals surface area contributed by atoms with Crippen molar-refractivity contribution in [2.75, 3.05) is 0 Å². The summed E-state index contributed by atoms with van der Waals surface area (Å²) in [4.78, 5) is 23.1. The predicted octanol–water partition coefficient (Wildman–Crippen LogP) is 3.80. The van der Waals surface area contributed by atoms with Crippen LogP contribution in [0.1, 0.15) is 27.2 Å². The molecule has 158 valence electrons. The Bertz CT molecular complexity index is 1170. The topological polar surface area (TPSA) is 123 Å². The number of nitrogens with zero attached hydrogens (tertiary/aromatic N) is 4. The molecular formula is C21H18BrN5O4. The van der Waals surface area contributed by atoms with Gasteiger partial charge in [-0.2, -0.15) is 10.2 Å². The highest BCUT2D eigenvalue weighted by atomic mass is 79.9. The lowest BCUT2D eigenvalue weighted by Crippen LogP contribution is -2.19. The highest BCUT2D eigenvalue weighted by Crippen LogP contribution is 2.22. The molecule has 0 aliphatic heterocycles. The number of phenolic OH excluding ortho intramolecular Hbond substituents is 1. The number of hydrazone groups is 1. The molecular weight excluding hydrogens is 466 g/mol. The molecule has 0 aliphatic carbocycles. The van der Waals surface area contributed by atoms with Crippen molar-refractivity contribution in [1.82, 2.24) is 15.2 Å². The van der Waals surface area contributed by atoms with Crippen LogP contribution in [-0.2, 0) is 13.0 Å². The third-order valence-electron chi connectivity index (χ3n) is 4.27. The Hall–Kier alpha value is -3.79. The van der Waals surface area contributed by atoms with Gasteiger partial charge in [0.25, 0.3) is 5.91 Å². The number of amides is 1. The molecule has 1 heterocycles. The molecule has 0 saturated heterocycles. The van der Waals surface area contributed by atoms with Crippen LogP contribution >= 0.6 is 15.9 Å². The maximum atomic E-state index is 12.4. The number of carbonyl (C=O) groups excluding carboxylic acids is 1. The van der Waals surface area contributed by atoms with Crippen molar-refractivity contribution in [3.63, 3.8) is 0 Å². The van der Waals surface area contributed by atoms with Crippen LogP contribution in [0.4, 0.5) is 5.69 Å². The van der Waals surface area contributed by atoms with Crippen LogP contribution in [0.2, 0.25) is 0 Å². The molecule has 1 amide bonds. The minimum atomic E-state index is -0.835. The number of rotatable bonds is 8. The van der Waals surface area contributed by atoms with Crippen molar-refractivity contribution < 1.29 is 14.8 Å². The monoisotopic (exact) mass is 483 g/mol. The van der Waals surface area contributed by atoms with Gasteiger partial charge in [-0.15, -0.1) is 6.58 Å². The lowest BCUT2D eigenvalue weighted by molar-refractivity contribution is -0.385. The number of para-hydroxylation sites is 1. The number of carbonyl (C=O) groups is 1. The fraction of sp³-hybridized carbons (Fsp3) is 0.0952. The molecule has 0 fully saturated rings. The molecule has 0 atom stereocenters. The number of allylic oxidation sites excluding steroid dienone is 1. The Balaban J connectivity index is 1.77.